The summed E-state index contributed by atoms with van der Waals surface area (Å²) in [6, 6.07) is 110. The molecule has 13 aromatic carbocycles. The van der Waals surface area contributed by atoms with Crippen LogP contribution in [-0.2, 0) is 0 Å². The van der Waals surface area contributed by atoms with Gasteiger partial charge in [0.2, 0.25) is 0 Å². The van der Waals surface area contributed by atoms with E-state index >= 15 is 0 Å². The van der Waals surface area contributed by atoms with E-state index in [0.29, 0.717) is 0 Å². The Morgan fingerprint density at radius 1 is 0.171 bits per heavy atom. The Hall–Kier alpha value is -10.4. The lowest BCUT2D eigenvalue weighted by Crippen LogP contribution is -2.10. The van der Waals surface area contributed by atoms with Crippen LogP contribution in [0.25, 0.3) is 43.8 Å². The Morgan fingerprint density at radius 3 is 0.610 bits per heavy atom. The Bertz CT molecular complexity index is 3920. The van der Waals surface area contributed by atoms with Gasteiger partial charge in [-0.25, -0.2) is 0 Å². The molecule has 0 saturated heterocycles. The molecule has 394 valence electrons. The molecular weight excluding hydrogens is 993 g/mol. The fourth-order valence-corrected chi connectivity index (χ4v) is 11.3. The van der Waals surface area contributed by atoms with Crippen molar-refractivity contribution in [2.45, 2.75) is 27.7 Å². The van der Waals surface area contributed by atoms with Crippen LogP contribution < -0.4 is 19.6 Å². The summed E-state index contributed by atoms with van der Waals surface area (Å²) in [5, 5.41) is 4.79. The molecule has 0 saturated carbocycles. The Labute approximate surface area is 482 Å². The number of fused-ring (bicyclic) bond motifs is 3. The number of hydrogen-bond acceptors (Lipinski definition) is 4. The second-order valence-electron chi connectivity index (χ2n) is 21.4. The molecule has 13 rings (SSSR count). The first kappa shape index (κ1) is 51.0. The third-order valence-electron chi connectivity index (χ3n) is 15.7. The molecule has 0 atom stereocenters. The van der Waals surface area contributed by atoms with Gasteiger partial charge >= 0.3 is 0 Å². The first-order chi connectivity index (χ1) is 40.3. The summed E-state index contributed by atoms with van der Waals surface area (Å²) in [5.41, 5.74) is 23.0. The normalized spacial score (nSPS) is 11.2. The van der Waals surface area contributed by atoms with Crippen molar-refractivity contribution in [3.63, 3.8) is 0 Å². The zero-order valence-corrected chi connectivity index (χ0v) is 46.7. The largest absolute Gasteiger partial charge is 0.311 e. The maximum atomic E-state index is 2.35. The van der Waals surface area contributed by atoms with Crippen LogP contribution in [0.2, 0.25) is 0 Å². The van der Waals surface area contributed by atoms with E-state index in [9.17, 15) is 0 Å². The zero-order chi connectivity index (χ0) is 55.5. The highest BCUT2D eigenvalue weighted by Crippen LogP contribution is 2.43. The minimum Gasteiger partial charge on any atom is -0.311 e. The van der Waals surface area contributed by atoms with Crippen molar-refractivity contribution < 1.29 is 0 Å². The number of aryl methyl sites for hydroxylation is 4. The summed E-state index contributed by atoms with van der Waals surface area (Å²) in [5.74, 6) is 0. The molecule has 0 aliphatic carbocycles. The molecule has 0 unspecified atom stereocenters. The van der Waals surface area contributed by atoms with Crippen molar-refractivity contribution in [2.75, 3.05) is 19.6 Å². The van der Waals surface area contributed by atoms with E-state index in [0.717, 1.165) is 90.5 Å². The van der Waals surface area contributed by atoms with Crippen molar-refractivity contribution in [3.8, 4) is 22.3 Å². The number of hydrogen-bond donors (Lipinski definition) is 0. The average molecular weight is 1060 g/mol. The third kappa shape index (κ3) is 10.5. The van der Waals surface area contributed by atoms with Crippen molar-refractivity contribution in [1.29, 1.82) is 0 Å². The summed E-state index contributed by atoms with van der Waals surface area (Å²) in [4.78, 5) is 9.35. The van der Waals surface area contributed by atoms with Crippen LogP contribution in [0.5, 0.6) is 0 Å². The van der Waals surface area contributed by atoms with Crippen LogP contribution >= 0.6 is 0 Å². The molecule has 0 amide bonds. The highest BCUT2D eigenvalue weighted by molar-refractivity contribution is 6.10. The van der Waals surface area contributed by atoms with E-state index in [1.165, 1.54) is 43.8 Å². The lowest BCUT2D eigenvalue weighted by atomic mass is 9.99. The molecule has 4 nitrogen and oxygen atoms in total. The fourth-order valence-electron chi connectivity index (χ4n) is 11.3. The van der Waals surface area contributed by atoms with Gasteiger partial charge < -0.3 is 19.6 Å². The number of anilines is 12. The molecule has 0 radical (unpaired) electrons. The van der Waals surface area contributed by atoms with Gasteiger partial charge in [-0.3, -0.25) is 0 Å². The van der Waals surface area contributed by atoms with Gasteiger partial charge in [0.1, 0.15) is 0 Å². The van der Waals surface area contributed by atoms with Crippen LogP contribution in [0.4, 0.5) is 68.2 Å². The molecule has 13 aromatic rings. The maximum Gasteiger partial charge on any atom is 0.0468 e. The summed E-state index contributed by atoms with van der Waals surface area (Å²) in [6.07, 6.45) is 0. The van der Waals surface area contributed by atoms with Crippen LogP contribution in [0.15, 0.2) is 303 Å². The standard InChI is InChI=1S/C78H62N4/c1-55-15-33-67(34-16-55)79(68-35-17-56(2)18-36-68)71-41-25-59(26-42-71)61-29-45-73(46-30-61)81(65-11-7-5-8-12-65)75-49-51-77-63(53-75)23-24-64-54-76(50-52-78(64)77)82(66-13-9-6-10-14-66)74-47-31-62(32-48-74)60-27-43-72(44-28-60)80(69-37-19-57(3)20-38-69)70-39-21-58(4)22-40-70/h5-54H,1-4H3. The van der Waals surface area contributed by atoms with Crippen molar-refractivity contribution >= 4 is 89.8 Å². The molecular formula is C78H62N4. The quantitative estimate of drug-likeness (QED) is 0.101. The highest BCUT2D eigenvalue weighted by Gasteiger charge is 2.19. The van der Waals surface area contributed by atoms with Crippen LogP contribution in [-0.4, -0.2) is 0 Å². The minimum atomic E-state index is 1.09. The lowest BCUT2D eigenvalue weighted by molar-refractivity contribution is 1.27. The van der Waals surface area contributed by atoms with Gasteiger partial charge in [-0.2, -0.15) is 0 Å². The predicted molar refractivity (Wildman–Crippen MR) is 350 cm³/mol. The van der Waals surface area contributed by atoms with Gasteiger partial charge in [0.15, 0.2) is 0 Å². The second-order valence-corrected chi connectivity index (χ2v) is 21.4. The second kappa shape index (κ2) is 22.4. The zero-order valence-electron chi connectivity index (χ0n) is 46.7. The summed E-state index contributed by atoms with van der Waals surface area (Å²) < 4.78 is 0. The molecule has 0 aliphatic heterocycles. The molecule has 0 fully saturated rings. The molecule has 0 bridgehead atoms. The molecule has 0 heterocycles. The first-order valence-electron chi connectivity index (χ1n) is 28.2. The first-order valence-corrected chi connectivity index (χ1v) is 28.2. The van der Waals surface area contributed by atoms with E-state index in [1.807, 2.05) is 0 Å². The van der Waals surface area contributed by atoms with Gasteiger partial charge in [-0.05, 0) is 217 Å². The lowest BCUT2D eigenvalue weighted by Gasteiger charge is -2.27. The maximum absolute atomic E-state index is 2.35. The molecule has 0 aliphatic rings. The smallest absolute Gasteiger partial charge is 0.0468 e. The summed E-state index contributed by atoms with van der Waals surface area (Å²) in [7, 11) is 0. The summed E-state index contributed by atoms with van der Waals surface area (Å²) in [6.45, 7) is 8.53. The monoisotopic (exact) mass is 1050 g/mol. The Balaban J connectivity index is 0.772. The number of rotatable bonds is 14. The molecule has 0 N–H and O–H groups in total. The Morgan fingerprint density at radius 2 is 0.366 bits per heavy atom. The fraction of sp³-hybridized carbons (Fsp3) is 0.0513. The SMILES string of the molecule is Cc1ccc(N(c2ccc(C)cc2)c2ccc(-c3ccc(N(c4ccccc4)c4ccc5c(ccc6cc(N(c7ccccc7)c7ccc(-c8ccc(N(c9ccc(C)cc9)c9ccc(C)cc9)cc8)cc7)ccc65)c4)cc3)cc2)cc1. The third-order valence-corrected chi connectivity index (χ3v) is 15.7. The van der Waals surface area contributed by atoms with Gasteiger partial charge in [-0.15, -0.1) is 0 Å². The number of nitrogens with zero attached hydrogens (tertiary/aromatic N) is 4. The Kier molecular flexibility index (Phi) is 13.9. The predicted octanol–water partition coefficient (Wildman–Crippen LogP) is 22.4. The number of benzene rings is 13. The van der Waals surface area contributed by atoms with Crippen molar-refractivity contribution in [2.24, 2.45) is 0 Å². The van der Waals surface area contributed by atoms with Crippen molar-refractivity contribution in [3.05, 3.63) is 326 Å². The van der Waals surface area contributed by atoms with Gasteiger partial charge in [0.05, 0.1) is 0 Å². The average Bonchev–Trinajstić information content (AvgIpc) is 3.64. The van der Waals surface area contributed by atoms with Crippen LogP contribution in [0.1, 0.15) is 22.3 Å². The molecule has 0 aromatic heterocycles. The molecule has 0 spiro atoms. The molecule has 82 heavy (non-hydrogen) atoms. The number of para-hydroxylation sites is 2. The van der Waals surface area contributed by atoms with E-state index in [4.69, 9.17) is 0 Å². The van der Waals surface area contributed by atoms with Crippen molar-refractivity contribution in [1.82, 2.24) is 0 Å². The van der Waals surface area contributed by atoms with E-state index in [1.54, 1.807) is 0 Å². The van der Waals surface area contributed by atoms with Gasteiger partial charge in [0.25, 0.3) is 0 Å². The van der Waals surface area contributed by atoms with Crippen LogP contribution in [0, 0.1) is 27.7 Å². The van der Waals surface area contributed by atoms with Crippen LogP contribution in [0.3, 0.4) is 0 Å². The molecule has 4 heteroatoms. The van der Waals surface area contributed by atoms with E-state index in [2.05, 4.69) is 351 Å². The highest BCUT2D eigenvalue weighted by atomic mass is 15.2. The van der Waals surface area contributed by atoms with Gasteiger partial charge in [0, 0.05) is 68.2 Å². The van der Waals surface area contributed by atoms with E-state index in [-0.39, 0.29) is 0 Å². The van der Waals surface area contributed by atoms with Gasteiger partial charge in [-0.1, -0.05) is 180 Å². The topological polar surface area (TPSA) is 13.0 Å². The summed E-state index contributed by atoms with van der Waals surface area (Å²) >= 11 is 0. The minimum absolute atomic E-state index is 1.09. The van der Waals surface area contributed by atoms with E-state index < -0.39 is 0 Å².